The Hall–Kier alpha value is -0.0800. The van der Waals surface area contributed by atoms with Gasteiger partial charge in [0, 0.05) is 6.54 Å². The van der Waals surface area contributed by atoms with Crippen molar-refractivity contribution in [3.05, 3.63) is 0 Å². The van der Waals surface area contributed by atoms with Crippen LogP contribution >= 0.6 is 0 Å². The number of hydrogen-bond donors (Lipinski definition) is 1. The molecule has 0 aromatic rings. The fourth-order valence-corrected chi connectivity index (χ4v) is 3.58. The van der Waals surface area contributed by atoms with E-state index >= 15 is 0 Å². The Morgan fingerprint density at radius 1 is 1.06 bits per heavy atom. The van der Waals surface area contributed by atoms with Crippen LogP contribution in [0.1, 0.15) is 71.1 Å². The number of nitrogens with two attached hydrogens (primary N) is 1. The Morgan fingerprint density at radius 3 is 2.35 bits per heavy atom. The largest absolute Gasteiger partial charge is 0.370 e. The highest BCUT2D eigenvalue weighted by Crippen LogP contribution is 2.35. The minimum absolute atomic E-state index is 0.0260. The van der Waals surface area contributed by atoms with Gasteiger partial charge in [-0.15, -0.1) is 0 Å². The van der Waals surface area contributed by atoms with Crippen molar-refractivity contribution in [3.8, 4) is 0 Å². The average molecular weight is 239 g/mol. The zero-order valence-electron chi connectivity index (χ0n) is 11.4. The third-order valence-corrected chi connectivity index (χ3v) is 4.69. The van der Waals surface area contributed by atoms with Gasteiger partial charge in [0.05, 0.1) is 11.7 Å². The van der Waals surface area contributed by atoms with Crippen LogP contribution < -0.4 is 5.73 Å². The van der Waals surface area contributed by atoms with Crippen LogP contribution in [0.15, 0.2) is 0 Å². The molecule has 0 aliphatic heterocycles. The molecule has 0 aromatic carbocycles. The Kier molecular flexibility index (Phi) is 4.87. The van der Waals surface area contributed by atoms with Crippen molar-refractivity contribution in [2.45, 2.75) is 82.8 Å². The second-order valence-electron chi connectivity index (χ2n) is 6.31. The predicted molar refractivity (Wildman–Crippen MR) is 72.0 cm³/mol. The molecule has 0 radical (unpaired) electrons. The highest BCUT2D eigenvalue weighted by atomic mass is 16.5. The van der Waals surface area contributed by atoms with E-state index in [1.54, 1.807) is 0 Å². The molecule has 0 bridgehead atoms. The van der Waals surface area contributed by atoms with Gasteiger partial charge in [-0.2, -0.15) is 0 Å². The van der Waals surface area contributed by atoms with Gasteiger partial charge in [0.2, 0.25) is 0 Å². The van der Waals surface area contributed by atoms with E-state index in [4.69, 9.17) is 10.5 Å². The van der Waals surface area contributed by atoms with Gasteiger partial charge in [-0.1, -0.05) is 45.4 Å². The van der Waals surface area contributed by atoms with Crippen LogP contribution in [0.3, 0.4) is 0 Å². The zero-order valence-corrected chi connectivity index (χ0v) is 11.4. The molecule has 0 aromatic heterocycles. The molecule has 2 rings (SSSR count). The first-order chi connectivity index (χ1) is 8.24. The summed E-state index contributed by atoms with van der Waals surface area (Å²) in [7, 11) is 0. The molecule has 0 heterocycles. The van der Waals surface area contributed by atoms with Crippen molar-refractivity contribution in [3.63, 3.8) is 0 Å². The summed E-state index contributed by atoms with van der Waals surface area (Å²) >= 11 is 0. The molecule has 2 unspecified atom stereocenters. The summed E-state index contributed by atoms with van der Waals surface area (Å²) < 4.78 is 6.49. The molecule has 17 heavy (non-hydrogen) atoms. The summed E-state index contributed by atoms with van der Waals surface area (Å²) in [5, 5.41) is 0. The lowest BCUT2D eigenvalue weighted by atomic mass is 9.87. The zero-order chi connectivity index (χ0) is 12.1. The lowest BCUT2D eigenvalue weighted by molar-refractivity contribution is -0.113. The fourth-order valence-electron chi connectivity index (χ4n) is 3.58. The highest BCUT2D eigenvalue weighted by molar-refractivity contribution is 4.86. The number of rotatable bonds is 3. The van der Waals surface area contributed by atoms with E-state index in [0.717, 1.165) is 12.5 Å². The van der Waals surface area contributed by atoms with Gasteiger partial charge in [0.1, 0.15) is 0 Å². The molecule has 0 saturated heterocycles. The van der Waals surface area contributed by atoms with E-state index < -0.39 is 0 Å². The van der Waals surface area contributed by atoms with Crippen LogP contribution in [0.5, 0.6) is 0 Å². The molecular formula is C15H29NO. The van der Waals surface area contributed by atoms with E-state index in [2.05, 4.69) is 6.92 Å². The third kappa shape index (κ3) is 3.69. The van der Waals surface area contributed by atoms with Gasteiger partial charge in [-0.3, -0.25) is 0 Å². The lowest BCUT2D eigenvalue weighted by Crippen LogP contribution is -2.44. The summed E-state index contributed by atoms with van der Waals surface area (Å²) in [6.07, 6.45) is 13.4. The Morgan fingerprint density at radius 2 is 1.76 bits per heavy atom. The van der Waals surface area contributed by atoms with E-state index in [0.29, 0.717) is 6.10 Å². The summed E-state index contributed by atoms with van der Waals surface area (Å²) in [6, 6.07) is 0. The molecule has 0 spiro atoms. The SMILES string of the molecule is CC1CCCC(OC2(CN)CCCCCC2)C1. The quantitative estimate of drug-likeness (QED) is 0.763. The van der Waals surface area contributed by atoms with Gasteiger partial charge < -0.3 is 10.5 Å². The molecule has 2 saturated carbocycles. The monoisotopic (exact) mass is 239 g/mol. The van der Waals surface area contributed by atoms with Crippen molar-refractivity contribution < 1.29 is 4.74 Å². The van der Waals surface area contributed by atoms with E-state index in [1.165, 1.54) is 64.2 Å². The molecule has 2 atom stereocenters. The predicted octanol–water partition coefficient (Wildman–Crippen LogP) is 3.63. The van der Waals surface area contributed by atoms with Crippen LogP contribution in [0.2, 0.25) is 0 Å². The van der Waals surface area contributed by atoms with Gasteiger partial charge in [-0.25, -0.2) is 0 Å². The first-order valence-electron chi connectivity index (χ1n) is 7.62. The normalized spacial score (nSPS) is 34.2. The summed E-state index contributed by atoms with van der Waals surface area (Å²) in [6.45, 7) is 3.08. The topological polar surface area (TPSA) is 35.2 Å². The van der Waals surface area contributed by atoms with E-state index in [1.807, 2.05) is 0 Å². The van der Waals surface area contributed by atoms with Crippen LogP contribution in [-0.2, 0) is 4.74 Å². The van der Waals surface area contributed by atoms with Crippen LogP contribution in [0, 0.1) is 5.92 Å². The molecule has 0 amide bonds. The van der Waals surface area contributed by atoms with Crippen molar-refractivity contribution in [2.75, 3.05) is 6.54 Å². The van der Waals surface area contributed by atoms with Crippen LogP contribution in [-0.4, -0.2) is 18.2 Å². The molecule has 2 heteroatoms. The van der Waals surface area contributed by atoms with Gasteiger partial charge in [0.15, 0.2) is 0 Å². The van der Waals surface area contributed by atoms with Crippen LogP contribution in [0.25, 0.3) is 0 Å². The van der Waals surface area contributed by atoms with Gasteiger partial charge >= 0.3 is 0 Å². The number of hydrogen-bond acceptors (Lipinski definition) is 2. The molecule has 2 aliphatic carbocycles. The second kappa shape index (κ2) is 6.19. The average Bonchev–Trinajstić information content (AvgIpc) is 2.55. The van der Waals surface area contributed by atoms with Gasteiger partial charge in [0.25, 0.3) is 0 Å². The maximum absolute atomic E-state index is 6.49. The second-order valence-corrected chi connectivity index (χ2v) is 6.31. The van der Waals surface area contributed by atoms with Crippen LogP contribution in [0.4, 0.5) is 0 Å². The Bertz CT molecular complexity index is 221. The number of ether oxygens (including phenoxy) is 1. The third-order valence-electron chi connectivity index (χ3n) is 4.69. The van der Waals surface area contributed by atoms with Crippen molar-refractivity contribution in [1.82, 2.24) is 0 Å². The summed E-state index contributed by atoms with van der Waals surface area (Å²) in [5.41, 5.74) is 6.06. The molecule has 100 valence electrons. The molecule has 2 aliphatic rings. The van der Waals surface area contributed by atoms with E-state index in [9.17, 15) is 0 Å². The molecule has 2 nitrogen and oxygen atoms in total. The maximum atomic E-state index is 6.49. The van der Waals surface area contributed by atoms with Crippen molar-refractivity contribution in [2.24, 2.45) is 11.7 Å². The summed E-state index contributed by atoms with van der Waals surface area (Å²) in [5.74, 6) is 0.842. The Labute approximate surface area is 106 Å². The highest BCUT2D eigenvalue weighted by Gasteiger charge is 2.34. The molecular weight excluding hydrogens is 210 g/mol. The minimum atomic E-state index is 0.0260. The summed E-state index contributed by atoms with van der Waals surface area (Å²) in [4.78, 5) is 0. The maximum Gasteiger partial charge on any atom is 0.0807 e. The van der Waals surface area contributed by atoms with Gasteiger partial charge in [-0.05, 0) is 31.6 Å². The fraction of sp³-hybridized carbons (Fsp3) is 1.00. The first-order valence-corrected chi connectivity index (χ1v) is 7.62. The smallest absolute Gasteiger partial charge is 0.0807 e. The lowest BCUT2D eigenvalue weighted by Gasteiger charge is -2.38. The Balaban J connectivity index is 1.92. The first kappa shape index (κ1) is 13.4. The minimum Gasteiger partial charge on any atom is -0.370 e. The van der Waals surface area contributed by atoms with E-state index in [-0.39, 0.29) is 5.60 Å². The van der Waals surface area contributed by atoms with Crippen molar-refractivity contribution in [1.29, 1.82) is 0 Å². The standard InChI is InChI=1S/C15H29NO/c1-13-7-6-8-14(11-13)17-15(12-16)9-4-2-3-5-10-15/h13-14H,2-12,16H2,1H3. The van der Waals surface area contributed by atoms with Crippen molar-refractivity contribution >= 4 is 0 Å². The molecule has 2 N–H and O–H groups in total. The molecule has 2 fully saturated rings.